The first kappa shape index (κ1) is 20.4. The molecule has 0 unspecified atom stereocenters. The standard InChI is InChI=1S/C19H15F3N4O5/c20-12-2-8-1-9(6-23-13(8)5-14(12)30-18(21)22)16(27)25-10-3-11(4-10)26-19-24-7-15(31-19)17(28)29/h1-2,5-7,10-11,18H,3-4H2,(H,24,26)(H,25,27)(H,28,29). The third-order valence-corrected chi connectivity index (χ3v) is 4.73. The minimum absolute atomic E-state index is 0.0531. The van der Waals surface area contributed by atoms with Crippen molar-refractivity contribution < 1.29 is 37.0 Å². The average molecular weight is 436 g/mol. The molecule has 3 aromatic rings. The van der Waals surface area contributed by atoms with Gasteiger partial charge in [-0.05, 0) is 25.0 Å². The Hall–Kier alpha value is -3.83. The fourth-order valence-corrected chi connectivity index (χ4v) is 3.18. The molecule has 12 heteroatoms. The Morgan fingerprint density at radius 2 is 1.94 bits per heavy atom. The zero-order valence-corrected chi connectivity index (χ0v) is 15.6. The van der Waals surface area contributed by atoms with E-state index in [2.05, 4.69) is 25.3 Å². The average Bonchev–Trinajstić information content (AvgIpc) is 3.15. The molecule has 0 aliphatic heterocycles. The van der Waals surface area contributed by atoms with E-state index in [9.17, 15) is 22.8 Å². The number of aromatic carboxylic acids is 1. The van der Waals surface area contributed by atoms with Gasteiger partial charge in [-0.2, -0.15) is 8.78 Å². The van der Waals surface area contributed by atoms with Gasteiger partial charge >= 0.3 is 12.6 Å². The number of carboxylic acids is 1. The number of oxazole rings is 1. The molecular formula is C19H15F3N4O5. The van der Waals surface area contributed by atoms with Crippen LogP contribution >= 0.6 is 0 Å². The van der Waals surface area contributed by atoms with E-state index in [0.717, 1.165) is 18.3 Å². The largest absolute Gasteiger partial charge is 0.475 e. The number of carboxylic acid groups (broad SMARTS) is 1. The Morgan fingerprint density at radius 3 is 2.61 bits per heavy atom. The molecule has 9 nitrogen and oxygen atoms in total. The van der Waals surface area contributed by atoms with Crippen molar-refractivity contribution in [2.75, 3.05) is 5.32 Å². The van der Waals surface area contributed by atoms with Crippen molar-refractivity contribution >= 4 is 28.8 Å². The first-order valence-corrected chi connectivity index (χ1v) is 9.09. The van der Waals surface area contributed by atoms with E-state index >= 15 is 0 Å². The summed E-state index contributed by atoms with van der Waals surface area (Å²) in [6.45, 7) is -3.17. The summed E-state index contributed by atoms with van der Waals surface area (Å²) in [6, 6.07) is 3.31. The van der Waals surface area contributed by atoms with Gasteiger partial charge in [0.1, 0.15) is 0 Å². The fourth-order valence-electron chi connectivity index (χ4n) is 3.18. The number of hydrogen-bond donors (Lipinski definition) is 3. The van der Waals surface area contributed by atoms with Crippen molar-refractivity contribution in [1.29, 1.82) is 0 Å². The summed E-state index contributed by atoms with van der Waals surface area (Å²) >= 11 is 0. The number of carbonyl (C=O) groups is 2. The molecule has 1 saturated carbocycles. The van der Waals surface area contributed by atoms with Gasteiger partial charge in [-0.25, -0.2) is 14.2 Å². The smallest absolute Gasteiger partial charge is 0.387 e. The highest BCUT2D eigenvalue weighted by Crippen LogP contribution is 2.27. The number of rotatable bonds is 7. The summed E-state index contributed by atoms with van der Waals surface area (Å²) < 4.78 is 47.7. The second-order valence-corrected chi connectivity index (χ2v) is 6.90. The summed E-state index contributed by atoms with van der Waals surface area (Å²) in [4.78, 5) is 31.1. The van der Waals surface area contributed by atoms with Crippen molar-refractivity contribution in [2.45, 2.75) is 31.5 Å². The molecule has 0 saturated heterocycles. The molecule has 1 aliphatic carbocycles. The maximum atomic E-state index is 13.9. The summed E-state index contributed by atoms with van der Waals surface area (Å²) in [6.07, 6.45) is 3.47. The van der Waals surface area contributed by atoms with Gasteiger partial charge in [-0.15, -0.1) is 0 Å². The Balaban J connectivity index is 1.35. The van der Waals surface area contributed by atoms with Gasteiger partial charge in [-0.3, -0.25) is 9.78 Å². The number of carbonyl (C=O) groups excluding carboxylic acids is 1. The van der Waals surface area contributed by atoms with E-state index < -0.39 is 30.1 Å². The van der Waals surface area contributed by atoms with Crippen LogP contribution in [-0.2, 0) is 0 Å². The summed E-state index contributed by atoms with van der Waals surface area (Å²) in [5, 5.41) is 14.8. The van der Waals surface area contributed by atoms with Gasteiger partial charge in [0.25, 0.3) is 11.9 Å². The van der Waals surface area contributed by atoms with E-state index in [4.69, 9.17) is 9.52 Å². The molecule has 31 heavy (non-hydrogen) atoms. The number of fused-ring (bicyclic) bond motifs is 1. The molecule has 0 bridgehead atoms. The lowest BCUT2D eigenvalue weighted by Gasteiger charge is -2.35. The molecule has 1 fully saturated rings. The molecule has 2 heterocycles. The lowest BCUT2D eigenvalue weighted by molar-refractivity contribution is -0.0520. The third-order valence-electron chi connectivity index (χ3n) is 4.73. The third kappa shape index (κ3) is 4.52. The van der Waals surface area contributed by atoms with Gasteiger partial charge in [0.05, 0.1) is 17.3 Å². The van der Waals surface area contributed by atoms with Crippen LogP contribution in [0.5, 0.6) is 5.75 Å². The number of halogens is 3. The van der Waals surface area contributed by atoms with Crippen LogP contribution in [0.3, 0.4) is 0 Å². The Kier molecular flexibility index (Phi) is 5.36. The van der Waals surface area contributed by atoms with Gasteiger partial charge in [0.15, 0.2) is 11.6 Å². The van der Waals surface area contributed by atoms with Crippen LogP contribution in [-0.4, -0.2) is 45.6 Å². The van der Waals surface area contributed by atoms with Crippen molar-refractivity contribution in [3.63, 3.8) is 0 Å². The first-order valence-electron chi connectivity index (χ1n) is 9.09. The van der Waals surface area contributed by atoms with Crippen LogP contribution < -0.4 is 15.4 Å². The van der Waals surface area contributed by atoms with Gasteiger partial charge in [0.2, 0.25) is 5.76 Å². The molecule has 162 valence electrons. The van der Waals surface area contributed by atoms with Gasteiger partial charge < -0.3 is 24.9 Å². The molecular weight excluding hydrogens is 421 g/mol. The predicted octanol–water partition coefficient (Wildman–Crippen LogP) is 3.03. The van der Waals surface area contributed by atoms with Crippen molar-refractivity contribution in [3.8, 4) is 5.75 Å². The molecule has 1 aromatic carbocycles. The molecule has 1 amide bonds. The lowest BCUT2D eigenvalue weighted by Crippen LogP contribution is -2.49. The Bertz CT molecular complexity index is 1150. The van der Waals surface area contributed by atoms with Gasteiger partial charge in [-0.1, -0.05) is 0 Å². The van der Waals surface area contributed by atoms with Crippen LogP contribution in [0.4, 0.5) is 19.2 Å². The molecule has 3 N–H and O–H groups in total. The SMILES string of the molecule is O=C(NC1CC(Nc2ncc(C(=O)O)o2)C1)c1cnc2cc(OC(F)F)c(F)cc2c1. The summed E-state index contributed by atoms with van der Waals surface area (Å²) in [5.74, 6) is -3.53. The van der Waals surface area contributed by atoms with Crippen LogP contribution in [0.25, 0.3) is 10.9 Å². The molecule has 4 rings (SSSR count). The summed E-state index contributed by atoms with van der Waals surface area (Å²) in [5.41, 5.74) is 0.387. The predicted molar refractivity (Wildman–Crippen MR) is 99.7 cm³/mol. The number of benzene rings is 1. The van der Waals surface area contributed by atoms with Gasteiger partial charge in [0, 0.05) is 29.7 Å². The highest BCUT2D eigenvalue weighted by Gasteiger charge is 2.31. The monoisotopic (exact) mass is 436 g/mol. The highest BCUT2D eigenvalue weighted by atomic mass is 19.3. The van der Waals surface area contributed by atoms with Crippen LogP contribution in [0.2, 0.25) is 0 Å². The van der Waals surface area contributed by atoms with Crippen LogP contribution in [0.15, 0.2) is 35.0 Å². The molecule has 1 aliphatic rings. The maximum Gasteiger partial charge on any atom is 0.387 e. The first-order chi connectivity index (χ1) is 14.8. The number of amides is 1. The van der Waals surface area contributed by atoms with E-state index in [-0.39, 0.29) is 40.3 Å². The number of alkyl halides is 2. The normalized spacial score (nSPS) is 17.9. The highest BCUT2D eigenvalue weighted by molar-refractivity contribution is 5.97. The number of pyridine rings is 1. The number of nitrogens with zero attached hydrogens (tertiary/aromatic N) is 2. The van der Waals surface area contributed by atoms with E-state index in [1.54, 1.807) is 0 Å². The number of ether oxygens (including phenoxy) is 1. The maximum absolute atomic E-state index is 13.9. The van der Waals surface area contributed by atoms with E-state index in [0.29, 0.717) is 12.8 Å². The summed E-state index contributed by atoms with van der Waals surface area (Å²) in [7, 11) is 0. The second kappa shape index (κ2) is 8.13. The Morgan fingerprint density at radius 1 is 1.16 bits per heavy atom. The van der Waals surface area contributed by atoms with E-state index in [1.165, 1.54) is 12.3 Å². The molecule has 0 radical (unpaired) electrons. The minimum Gasteiger partial charge on any atom is -0.475 e. The lowest BCUT2D eigenvalue weighted by atomic mass is 9.86. The zero-order chi connectivity index (χ0) is 22.1. The minimum atomic E-state index is -3.17. The molecule has 0 atom stereocenters. The van der Waals surface area contributed by atoms with Crippen LogP contribution in [0.1, 0.15) is 33.8 Å². The Labute approximate surface area is 172 Å². The number of aromatic nitrogens is 2. The number of nitrogens with one attached hydrogen (secondary N) is 2. The van der Waals surface area contributed by atoms with Crippen molar-refractivity contribution in [1.82, 2.24) is 15.3 Å². The molecule has 0 spiro atoms. The number of anilines is 1. The number of hydrogen-bond acceptors (Lipinski definition) is 7. The van der Waals surface area contributed by atoms with E-state index in [1.807, 2.05) is 0 Å². The fraction of sp³-hybridized carbons (Fsp3) is 0.263. The topological polar surface area (TPSA) is 127 Å². The van der Waals surface area contributed by atoms with Crippen molar-refractivity contribution in [3.05, 3.63) is 47.7 Å². The van der Waals surface area contributed by atoms with Crippen LogP contribution in [0, 0.1) is 5.82 Å². The zero-order valence-electron chi connectivity index (χ0n) is 15.6. The van der Waals surface area contributed by atoms with Crippen molar-refractivity contribution in [2.24, 2.45) is 0 Å². The molecule has 2 aromatic heterocycles. The second-order valence-electron chi connectivity index (χ2n) is 6.90. The quantitative estimate of drug-likeness (QED) is 0.516.